The number of nitrogens with zero attached hydrogens (tertiary/aromatic N) is 2. The zero-order chi connectivity index (χ0) is 14.8. The molecule has 0 saturated heterocycles. The number of nitrogens with two attached hydrogens (primary N) is 1. The van der Waals surface area contributed by atoms with E-state index in [0.717, 1.165) is 11.3 Å². The molecule has 0 amide bonds. The largest absolute Gasteiger partial charge is 0.497 e. The first-order chi connectivity index (χ1) is 10.2. The number of hydrogen-bond acceptors (Lipinski definition) is 5. The molecule has 21 heavy (non-hydrogen) atoms. The van der Waals surface area contributed by atoms with Gasteiger partial charge in [0.05, 0.1) is 13.2 Å². The van der Waals surface area contributed by atoms with Gasteiger partial charge in [-0.1, -0.05) is 12.1 Å². The topological polar surface area (TPSA) is 90.0 Å². The number of hydrogen-bond donors (Lipinski definition) is 2. The molecule has 0 unspecified atom stereocenters. The second-order valence-corrected chi connectivity index (χ2v) is 5.18. The molecule has 0 fully saturated rings. The Bertz CT molecular complexity index is 736. The van der Waals surface area contributed by atoms with Gasteiger partial charge >= 0.3 is 0 Å². The van der Waals surface area contributed by atoms with E-state index < -0.39 is 6.04 Å². The number of aromatic nitrogens is 3. The summed E-state index contributed by atoms with van der Waals surface area (Å²) in [6.07, 6.45) is 0. The summed E-state index contributed by atoms with van der Waals surface area (Å²) in [5, 5.41) is 6.97. The van der Waals surface area contributed by atoms with Crippen molar-refractivity contribution in [2.75, 3.05) is 7.11 Å². The van der Waals surface area contributed by atoms with Crippen molar-refractivity contribution in [2.24, 2.45) is 5.73 Å². The third kappa shape index (κ3) is 2.84. The zero-order valence-corrected chi connectivity index (χ0v) is 12.8. The van der Waals surface area contributed by atoms with Crippen LogP contribution in [0, 0.1) is 0 Å². The summed E-state index contributed by atoms with van der Waals surface area (Å²) < 4.78 is 11.2. The van der Waals surface area contributed by atoms with Crippen LogP contribution in [0.5, 0.6) is 5.75 Å². The Labute approximate surface area is 129 Å². The highest BCUT2D eigenvalue weighted by Crippen LogP contribution is 2.24. The maximum atomic E-state index is 6.19. The Balaban J connectivity index is 1.84. The van der Waals surface area contributed by atoms with Crippen molar-refractivity contribution in [3.05, 3.63) is 52.5 Å². The molecule has 1 atom stereocenters. The van der Waals surface area contributed by atoms with Crippen molar-refractivity contribution >= 4 is 15.9 Å². The molecule has 0 aliphatic carbocycles. The first-order valence-corrected chi connectivity index (χ1v) is 7.04. The highest BCUT2D eigenvalue weighted by Gasteiger charge is 2.16. The molecular formula is C14H13BrN4O2. The molecule has 0 aliphatic heterocycles. The smallest absolute Gasteiger partial charge is 0.217 e. The van der Waals surface area contributed by atoms with Gasteiger partial charge in [0.25, 0.3) is 0 Å². The van der Waals surface area contributed by atoms with E-state index in [1.54, 1.807) is 19.2 Å². The second-order valence-electron chi connectivity index (χ2n) is 4.40. The minimum atomic E-state index is -0.393. The molecule has 0 radical (unpaired) electrons. The summed E-state index contributed by atoms with van der Waals surface area (Å²) in [6, 6.07) is 10.7. The van der Waals surface area contributed by atoms with Crippen molar-refractivity contribution in [1.29, 1.82) is 0 Å². The molecule has 0 saturated carbocycles. The third-order valence-electron chi connectivity index (χ3n) is 3.07. The van der Waals surface area contributed by atoms with E-state index in [2.05, 4.69) is 31.1 Å². The van der Waals surface area contributed by atoms with Gasteiger partial charge in [0.15, 0.2) is 10.4 Å². The average molecular weight is 349 g/mol. The number of halogens is 1. The van der Waals surface area contributed by atoms with Crippen LogP contribution in [0.4, 0.5) is 0 Å². The van der Waals surface area contributed by atoms with E-state index in [-0.39, 0.29) is 0 Å². The fourth-order valence-corrected chi connectivity index (χ4v) is 2.23. The van der Waals surface area contributed by atoms with Gasteiger partial charge in [0, 0.05) is 0 Å². The molecule has 0 spiro atoms. The van der Waals surface area contributed by atoms with Crippen LogP contribution in [-0.2, 0) is 0 Å². The van der Waals surface area contributed by atoms with Crippen LogP contribution >= 0.6 is 15.9 Å². The lowest BCUT2D eigenvalue weighted by Gasteiger charge is -2.09. The molecule has 7 heteroatoms. The van der Waals surface area contributed by atoms with Gasteiger partial charge in [-0.3, -0.25) is 5.10 Å². The summed E-state index contributed by atoms with van der Waals surface area (Å²) >= 11 is 3.25. The Morgan fingerprint density at radius 3 is 2.62 bits per heavy atom. The van der Waals surface area contributed by atoms with Gasteiger partial charge in [-0.25, -0.2) is 4.98 Å². The molecule has 3 N–H and O–H groups in total. The van der Waals surface area contributed by atoms with Crippen LogP contribution in [-0.4, -0.2) is 22.3 Å². The lowest BCUT2D eigenvalue weighted by atomic mass is 10.1. The SMILES string of the molecule is COc1ccc([C@@H](N)c2nc(-c3ccc(Br)o3)n[nH]2)cc1. The monoisotopic (exact) mass is 348 g/mol. The van der Waals surface area contributed by atoms with Gasteiger partial charge in [-0.05, 0) is 45.8 Å². The lowest BCUT2D eigenvalue weighted by molar-refractivity contribution is 0.414. The van der Waals surface area contributed by atoms with Crippen LogP contribution < -0.4 is 10.5 Å². The highest BCUT2D eigenvalue weighted by molar-refractivity contribution is 9.10. The van der Waals surface area contributed by atoms with Gasteiger partial charge in [0.2, 0.25) is 5.82 Å². The summed E-state index contributed by atoms with van der Waals surface area (Å²) in [5.74, 6) is 2.40. The van der Waals surface area contributed by atoms with Crippen LogP contribution in [0.2, 0.25) is 0 Å². The van der Waals surface area contributed by atoms with Crippen LogP contribution in [0.3, 0.4) is 0 Å². The fraction of sp³-hybridized carbons (Fsp3) is 0.143. The maximum Gasteiger partial charge on any atom is 0.217 e. The molecule has 3 aromatic rings. The number of rotatable bonds is 4. The quantitative estimate of drug-likeness (QED) is 0.756. The molecule has 6 nitrogen and oxygen atoms in total. The predicted molar refractivity (Wildman–Crippen MR) is 80.8 cm³/mol. The molecule has 2 aromatic heterocycles. The molecular weight excluding hydrogens is 336 g/mol. The van der Waals surface area contributed by atoms with E-state index >= 15 is 0 Å². The van der Waals surface area contributed by atoms with Gasteiger partial charge in [0.1, 0.15) is 11.6 Å². The Morgan fingerprint density at radius 1 is 1.24 bits per heavy atom. The number of methoxy groups -OCH3 is 1. The number of furan rings is 1. The van der Waals surface area contributed by atoms with Crippen molar-refractivity contribution < 1.29 is 9.15 Å². The molecule has 2 heterocycles. The molecule has 0 bridgehead atoms. The van der Waals surface area contributed by atoms with E-state index in [1.165, 1.54) is 0 Å². The van der Waals surface area contributed by atoms with Crippen LogP contribution in [0.1, 0.15) is 17.4 Å². The van der Waals surface area contributed by atoms with Gasteiger partial charge in [-0.2, -0.15) is 0 Å². The minimum absolute atomic E-state index is 0.393. The first kappa shape index (κ1) is 13.8. The zero-order valence-electron chi connectivity index (χ0n) is 11.2. The highest BCUT2D eigenvalue weighted by atomic mass is 79.9. The van der Waals surface area contributed by atoms with Gasteiger partial charge < -0.3 is 14.9 Å². The molecule has 3 rings (SSSR count). The third-order valence-corrected chi connectivity index (χ3v) is 3.49. The Morgan fingerprint density at radius 2 is 2.00 bits per heavy atom. The number of nitrogens with one attached hydrogen (secondary N) is 1. The first-order valence-electron chi connectivity index (χ1n) is 6.25. The number of ether oxygens (including phenoxy) is 1. The van der Waals surface area contributed by atoms with E-state index in [1.807, 2.05) is 24.3 Å². The Hall–Kier alpha value is -2.12. The number of H-pyrrole nitrogens is 1. The van der Waals surface area contributed by atoms with Crippen molar-refractivity contribution in [1.82, 2.24) is 15.2 Å². The van der Waals surface area contributed by atoms with E-state index in [9.17, 15) is 0 Å². The molecule has 1 aromatic carbocycles. The summed E-state index contributed by atoms with van der Waals surface area (Å²) in [6.45, 7) is 0. The molecule has 108 valence electrons. The van der Waals surface area contributed by atoms with Crippen LogP contribution in [0.15, 0.2) is 45.5 Å². The summed E-state index contributed by atoms with van der Waals surface area (Å²) in [4.78, 5) is 4.38. The van der Waals surface area contributed by atoms with Crippen molar-refractivity contribution in [2.45, 2.75) is 6.04 Å². The van der Waals surface area contributed by atoms with Crippen molar-refractivity contribution in [3.8, 4) is 17.3 Å². The van der Waals surface area contributed by atoms with Gasteiger partial charge in [-0.15, -0.1) is 5.10 Å². The Kier molecular flexibility index (Phi) is 3.76. The van der Waals surface area contributed by atoms with E-state index in [4.69, 9.17) is 14.9 Å². The molecule has 0 aliphatic rings. The normalized spacial score (nSPS) is 12.3. The number of aromatic amines is 1. The maximum absolute atomic E-state index is 6.19. The lowest BCUT2D eigenvalue weighted by Crippen LogP contribution is -2.13. The average Bonchev–Trinajstić information content (AvgIpc) is 3.15. The number of benzene rings is 1. The summed E-state index contributed by atoms with van der Waals surface area (Å²) in [5.41, 5.74) is 7.11. The second kappa shape index (κ2) is 5.71. The van der Waals surface area contributed by atoms with Crippen molar-refractivity contribution in [3.63, 3.8) is 0 Å². The fourth-order valence-electron chi connectivity index (χ4n) is 1.93. The van der Waals surface area contributed by atoms with Crippen LogP contribution in [0.25, 0.3) is 11.6 Å². The van der Waals surface area contributed by atoms with E-state index in [0.29, 0.717) is 22.1 Å². The predicted octanol–water partition coefficient (Wildman–Crippen LogP) is 2.88. The summed E-state index contributed by atoms with van der Waals surface area (Å²) in [7, 11) is 1.62. The minimum Gasteiger partial charge on any atom is -0.497 e. The standard InChI is InChI=1S/C14H13BrN4O2/c1-20-9-4-2-8(3-5-9)12(16)14-17-13(18-19-14)10-6-7-11(15)21-10/h2-7,12H,16H2,1H3,(H,17,18,19)/t12-/m1/s1.